The normalized spacial score (nSPS) is 37.9. The van der Waals surface area contributed by atoms with Crippen LogP contribution >= 0.6 is 0 Å². The van der Waals surface area contributed by atoms with E-state index in [1.54, 1.807) is 5.57 Å². The van der Waals surface area contributed by atoms with Gasteiger partial charge in [0, 0.05) is 25.7 Å². The van der Waals surface area contributed by atoms with Crippen molar-refractivity contribution in [3.8, 4) is 0 Å². The van der Waals surface area contributed by atoms with Crippen molar-refractivity contribution in [3.63, 3.8) is 0 Å². The number of esters is 2. The number of hydrogen-bond donors (Lipinski definition) is 0. The van der Waals surface area contributed by atoms with E-state index in [4.69, 9.17) is 14.2 Å². The lowest BCUT2D eigenvalue weighted by atomic mass is 9.56. The lowest BCUT2D eigenvalue weighted by Crippen LogP contribution is -2.46. The van der Waals surface area contributed by atoms with Gasteiger partial charge in [-0.2, -0.15) is 0 Å². The van der Waals surface area contributed by atoms with E-state index in [0.717, 1.165) is 12.8 Å². The van der Waals surface area contributed by atoms with Crippen molar-refractivity contribution >= 4 is 11.9 Å². The Bertz CT molecular complexity index is 674. The number of allylic oxidation sites excluding steroid dienone is 2. The standard InChI is InChI=1S/C23H36O5/c1-13(17-9-8-12-22(17,4)5)18-11-10-16-19(23(18,6)7)21(27-15(3)25)28-20(16)26-14(2)24/h16,18-21H,8-12H2,1-7H3/b17-13+/t16-,18-,19+,20-,21+/m1/s1. The molecule has 3 rings (SSSR count). The zero-order chi connectivity index (χ0) is 20.9. The van der Waals surface area contributed by atoms with Crippen molar-refractivity contribution in [2.45, 2.75) is 93.2 Å². The number of rotatable bonds is 3. The highest BCUT2D eigenvalue weighted by Crippen LogP contribution is 2.58. The van der Waals surface area contributed by atoms with E-state index < -0.39 is 12.6 Å². The summed E-state index contributed by atoms with van der Waals surface area (Å²) >= 11 is 0. The highest BCUT2D eigenvalue weighted by molar-refractivity contribution is 5.66. The summed E-state index contributed by atoms with van der Waals surface area (Å²) in [4.78, 5) is 23.3. The maximum atomic E-state index is 11.7. The molecule has 28 heavy (non-hydrogen) atoms. The van der Waals surface area contributed by atoms with Crippen molar-refractivity contribution in [1.29, 1.82) is 0 Å². The van der Waals surface area contributed by atoms with Crippen LogP contribution in [0.4, 0.5) is 0 Å². The van der Waals surface area contributed by atoms with Crippen LogP contribution in [0.1, 0.15) is 80.6 Å². The first-order valence-corrected chi connectivity index (χ1v) is 10.6. The fourth-order valence-electron chi connectivity index (χ4n) is 6.33. The minimum Gasteiger partial charge on any atom is -0.435 e. The van der Waals surface area contributed by atoms with E-state index in [2.05, 4.69) is 34.6 Å². The molecule has 0 aromatic heterocycles. The Morgan fingerprint density at radius 2 is 1.57 bits per heavy atom. The van der Waals surface area contributed by atoms with Crippen LogP contribution in [-0.2, 0) is 23.8 Å². The Hall–Kier alpha value is -1.36. The fraction of sp³-hybridized carbons (Fsp3) is 0.826. The third kappa shape index (κ3) is 3.74. The number of carbonyl (C=O) groups excluding carboxylic acids is 2. The van der Waals surface area contributed by atoms with Crippen LogP contribution in [-0.4, -0.2) is 24.5 Å². The molecule has 0 unspecified atom stereocenters. The molecule has 5 nitrogen and oxygen atoms in total. The van der Waals surface area contributed by atoms with Gasteiger partial charge in [-0.05, 0) is 55.8 Å². The average molecular weight is 393 g/mol. The van der Waals surface area contributed by atoms with Crippen molar-refractivity contribution < 1.29 is 23.8 Å². The molecule has 0 N–H and O–H groups in total. The van der Waals surface area contributed by atoms with E-state index >= 15 is 0 Å². The predicted octanol–water partition coefficient (Wildman–Crippen LogP) is 4.99. The lowest BCUT2D eigenvalue weighted by molar-refractivity contribution is -0.217. The number of hydrogen-bond acceptors (Lipinski definition) is 5. The third-order valence-electron chi connectivity index (χ3n) is 7.53. The highest BCUT2D eigenvalue weighted by atomic mass is 16.8. The number of fused-ring (bicyclic) bond motifs is 1. The van der Waals surface area contributed by atoms with Crippen molar-refractivity contribution in [2.24, 2.45) is 28.6 Å². The maximum absolute atomic E-state index is 11.7. The van der Waals surface area contributed by atoms with Crippen LogP contribution in [0, 0.1) is 28.6 Å². The van der Waals surface area contributed by atoms with Gasteiger partial charge >= 0.3 is 11.9 Å². The zero-order valence-electron chi connectivity index (χ0n) is 18.5. The summed E-state index contributed by atoms with van der Waals surface area (Å²) in [6, 6.07) is 0. The Labute approximate surface area is 169 Å². The van der Waals surface area contributed by atoms with Gasteiger partial charge in [-0.15, -0.1) is 0 Å². The summed E-state index contributed by atoms with van der Waals surface area (Å²) in [5.41, 5.74) is 3.24. The zero-order valence-corrected chi connectivity index (χ0v) is 18.5. The van der Waals surface area contributed by atoms with Gasteiger partial charge in [-0.25, -0.2) is 0 Å². The second-order valence-electron chi connectivity index (χ2n) is 10.1. The molecule has 3 fully saturated rings. The summed E-state index contributed by atoms with van der Waals surface area (Å²) < 4.78 is 17.0. The van der Waals surface area contributed by atoms with Crippen LogP contribution in [0.25, 0.3) is 0 Å². The third-order valence-corrected chi connectivity index (χ3v) is 7.53. The molecule has 0 aromatic carbocycles. The molecule has 0 bridgehead atoms. The van der Waals surface area contributed by atoms with Gasteiger partial charge in [0.2, 0.25) is 12.6 Å². The van der Waals surface area contributed by atoms with Gasteiger partial charge in [0.1, 0.15) is 0 Å². The Morgan fingerprint density at radius 1 is 0.964 bits per heavy atom. The monoisotopic (exact) mass is 392 g/mol. The van der Waals surface area contributed by atoms with Crippen LogP contribution in [0.15, 0.2) is 11.1 Å². The molecule has 5 atom stereocenters. The number of ether oxygens (including phenoxy) is 3. The highest BCUT2D eigenvalue weighted by Gasteiger charge is 2.59. The van der Waals surface area contributed by atoms with E-state index in [0.29, 0.717) is 5.92 Å². The van der Waals surface area contributed by atoms with Gasteiger partial charge in [0.15, 0.2) is 0 Å². The number of carbonyl (C=O) groups is 2. The predicted molar refractivity (Wildman–Crippen MR) is 106 cm³/mol. The summed E-state index contributed by atoms with van der Waals surface area (Å²) in [7, 11) is 0. The second-order valence-corrected chi connectivity index (χ2v) is 10.1. The van der Waals surface area contributed by atoms with Crippen LogP contribution < -0.4 is 0 Å². The molecule has 1 aliphatic heterocycles. The van der Waals surface area contributed by atoms with Gasteiger partial charge in [0.25, 0.3) is 0 Å². The van der Waals surface area contributed by atoms with Gasteiger partial charge in [0.05, 0.1) is 0 Å². The topological polar surface area (TPSA) is 61.8 Å². The lowest BCUT2D eigenvalue weighted by Gasteiger charge is -2.48. The van der Waals surface area contributed by atoms with Gasteiger partial charge < -0.3 is 14.2 Å². The molecule has 2 saturated carbocycles. The first kappa shape index (κ1) is 21.4. The molecular formula is C23H36O5. The summed E-state index contributed by atoms with van der Waals surface area (Å²) in [6.07, 6.45) is 4.31. The smallest absolute Gasteiger partial charge is 0.304 e. The molecule has 0 aromatic rings. The molecule has 158 valence electrons. The molecule has 3 aliphatic rings. The molecule has 0 amide bonds. The van der Waals surface area contributed by atoms with Crippen molar-refractivity contribution in [1.82, 2.24) is 0 Å². The van der Waals surface area contributed by atoms with Crippen LogP contribution in [0.5, 0.6) is 0 Å². The van der Waals surface area contributed by atoms with Crippen molar-refractivity contribution in [3.05, 3.63) is 11.1 Å². The SMILES string of the molecule is CC(=O)O[C@@H]1O[C@H](OC(C)=O)[C@@H]2[C@H]1CC[C@H](/C(C)=C1\CCCC1(C)C)C2(C)C. The molecule has 5 heteroatoms. The molecule has 1 saturated heterocycles. The van der Waals surface area contributed by atoms with E-state index in [-0.39, 0.29) is 34.6 Å². The Morgan fingerprint density at radius 3 is 2.11 bits per heavy atom. The average Bonchev–Trinajstić information content (AvgIpc) is 3.06. The summed E-state index contributed by atoms with van der Waals surface area (Å²) in [5, 5.41) is 0. The first-order valence-electron chi connectivity index (χ1n) is 10.6. The quantitative estimate of drug-likeness (QED) is 0.500. The summed E-state index contributed by atoms with van der Waals surface area (Å²) in [5.74, 6) is -0.275. The van der Waals surface area contributed by atoms with E-state index in [1.165, 1.54) is 38.7 Å². The van der Waals surface area contributed by atoms with Crippen LogP contribution in [0.3, 0.4) is 0 Å². The first-order chi connectivity index (χ1) is 12.9. The largest absolute Gasteiger partial charge is 0.435 e. The Kier molecular flexibility index (Phi) is 5.70. The molecule has 1 heterocycles. The van der Waals surface area contributed by atoms with Crippen molar-refractivity contribution in [2.75, 3.05) is 0 Å². The molecule has 0 spiro atoms. The minimum atomic E-state index is -0.668. The second kappa shape index (κ2) is 7.47. The van der Waals surface area contributed by atoms with Gasteiger partial charge in [-0.3, -0.25) is 9.59 Å². The van der Waals surface area contributed by atoms with Gasteiger partial charge in [-0.1, -0.05) is 38.8 Å². The minimum absolute atomic E-state index is 0.000402. The molecule has 0 radical (unpaired) electrons. The summed E-state index contributed by atoms with van der Waals surface area (Å²) in [6.45, 7) is 14.3. The molecule has 2 aliphatic carbocycles. The fourth-order valence-corrected chi connectivity index (χ4v) is 6.33. The maximum Gasteiger partial charge on any atom is 0.304 e. The van der Waals surface area contributed by atoms with Crippen LogP contribution in [0.2, 0.25) is 0 Å². The molecular weight excluding hydrogens is 356 g/mol. The van der Waals surface area contributed by atoms with E-state index in [1.807, 2.05) is 0 Å². The van der Waals surface area contributed by atoms with E-state index in [9.17, 15) is 9.59 Å². The Balaban J connectivity index is 1.94.